The number of quaternary nitrogens is 1. The summed E-state index contributed by atoms with van der Waals surface area (Å²) in [7, 11) is 2.05. The molecular formula is C4H11N2+. The summed E-state index contributed by atoms with van der Waals surface area (Å²) in [6.45, 7) is 2.33. The molecule has 0 bridgehead atoms. The van der Waals surface area contributed by atoms with Gasteiger partial charge in [0, 0.05) is 6.42 Å². The Labute approximate surface area is 38.1 Å². The molecule has 0 aromatic heterocycles. The highest BCUT2D eigenvalue weighted by molar-refractivity contribution is 4.43. The lowest BCUT2D eigenvalue weighted by molar-refractivity contribution is -0.957. The molecule has 1 fully saturated rings. The Bertz CT molecular complexity index is 52.6. The predicted molar refractivity (Wildman–Crippen MR) is 24.7 cm³/mol. The van der Waals surface area contributed by atoms with Crippen LogP contribution < -0.4 is 5.84 Å². The SMILES string of the molecule is C[N+]1(N)CCC1. The van der Waals surface area contributed by atoms with E-state index in [-0.39, 0.29) is 0 Å². The van der Waals surface area contributed by atoms with Crippen molar-refractivity contribution in [3.05, 3.63) is 0 Å². The molecule has 1 aliphatic heterocycles. The molecule has 0 aliphatic carbocycles. The molecule has 6 heavy (non-hydrogen) atoms. The first-order chi connectivity index (χ1) is 2.71. The molecule has 0 atom stereocenters. The Kier molecular flexibility index (Phi) is 0.648. The number of nitrogens with two attached hydrogens (primary N) is 1. The van der Waals surface area contributed by atoms with Crippen molar-refractivity contribution in [1.82, 2.24) is 0 Å². The average molecular weight is 87.1 g/mol. The number of nitrogens with zero attached hydrogens (tertiary/aromatic N) is 1. The van der Waals surface area contributed by atoms with E-state index in [1.165, 1.54) is 19.5 Å². The van der Waals surface area contributed by atoms with Crippen LogP contribution in [0.15, 0.2) is 0 Å². The van der Waals surface area contributed by atoms with Gasteiger partial charge in [0.2, 0.25) is 0 Å². The summed E-state index contributed by atoms with van der Waals surface area (Å²) in [6, 6.07) is 0. The zero-order chi connectivity index (χ0) is 4.62. The van der Waals surface area contributed by atoms with Crippen molar-refractivity contribution in [1.29, 1.82) is 0 Å². The molecule has 1 aliphatic rings. The topological polar surface area (TPSA) is 26.0 Å². The van der Waals surface area contributed by atoms with E-state index in [2.05, 4.69) is 0 Å². The van der Waals surface area contributed by atoms with Gasteiger partial charge in [-0.1, -0.05) is 0 Å². The van der Waals surface area contributed by atoms with Gasteiger partial charge >= 0.3 is 0 Å². The largest absolute Gasteiger partial charge is 0.250 e. The van der Waals surface area contributed by atoms with Crippen LogP contribution in [0.3, 0.4) is 0 Å². The number of likely N-dealkylation sites (tertiary alicyclic amines) is 1. The first-order valence-corrected chi connectivity index (χ1v) is 2.34. The molecule has 0 aromatic carbocycles. The Morgan fingerprint density at radius 3 is 1.83 bits per heavy atom. The van der Waals surface area contributed by atoms with Crippen molar-refractivity contribution in [3.8, 4) is 0 Å². The maximum atomic E-state index is 5.56. The summed E-state index contributed by atoms with van der Waals surface area (Å²) < 4.78 is 0.750. The molecule has 2 N–H and O–H groups in total. The zero-order valence-corrected chi connectivity index (χ0v) is 4.15. The number of hydrogen-bond donors (Lipinski definition) is 1. The van der Waals surface area contributed by atoms with Crippen molar-refractivity contribution in [2.24, 2.45) is 5.84 Å². The standard InChI is InChI=1S/C4H11N2/c1-6(5)3-2-4-6/h2-5H2,1H3/q+1. The van der Waals surface area contributed by atoms with Gasteiger partial charge in [-0.05, 0) is 0 Å². The summed E-state index contributed by atoms with van der Waals surface area (Å²) >= 11 is 0. The first kappa shape index (κ1) is 4.09. The van der Waals surface area contributed by atoms with E-state index in [0.29, 0.717) is 0 Å². The summed E-state index contributed by atoms with van der Waals surface area (Å²) in [5.41, 5.74) is 0. The van der Waals surface area contributed by atoms with E-state index in [1.807, 2.05) is 7.05 Å². The van der Waals surface area contributed by atoms with Gasteiger partial charge in [-0.15, -0.1) is 0 Å². The quantitative estimate of drug-likeness (QED) is 0.319. The molecule has 1 saturated heterocycles. The highest BCUT2D eigenvalue weighted by Crippen LogP contribution is 2.06. The van der Waals surface area contributed by atoms with E-state index in [9.17, 15) is 0 Å². The minimum Gasteiger partial charge on any atom is -0.250 e. The Morgan fingerprint density at radius 2 is 1.83 bits per heavy atom. The highest BCUT2D eigenvalue weighted by Gasteiger charge is 2.25. The molecule has 2 heteroatoms. The van der Waals surface area contributed by atoms with E-state index < -0.39 is 0 Å². The lowest BCUT2D eigenvalue weighted by Gasteiger charge is -2.35. The van der Waals surface area contributed by atoms with Gasteiger partial charge in [0.1, 0.15) is 13.1 Å². The fourth-order valence-corrected chi connectivity index (χ4v) is 0.657. The third kappa shape index (κ3) is 0.533. The van der Waals surface area contributed by atoms with Gasteiger partial charge in [-0.25, -0.2) is 0 Å². The Balaban J connectivity index is 2.31. The monoisotopic (exact) mass is 87.1 g/mol. The fourth-order valence-electron chi connectivity index (χ4n) is 0.657. The fraction of sp³-hybridized carbons (Fsp3) is 1.00. The molecule has 36 valence electrons. The minimum atomic E-state index is 0.750. The first-order valence-electron chi connectivity index (χ1n) is 2.34. The third-order valence-corrected chi connectivity index (χ3v) is 1.34. The maximum Gasteiger partial charge on any atom is 0.101 e. The van der Waals surface area contributed by atoms with Gasteiger partial charge in [-0.2, -0.15) is 5.84 Å². The van der Waals surface area contributed by atoms with E-state index in [0.717, 1.165) is 4.59 Å². The normalized spacial score (nSPS) is 29.0. The molecule has 0 radical (unpaired) electrons. The van der Waals surface area contributed by atoms with E-state index in [4.69, 9.17) is 5.84 Å². The maximum absolute atomic E-state index is 5.56. The van der Waals surface area contributed by atoms with Gasteiger partial charge < -0.3 is 0 Å². The molecule has 0 saturated carbocycles. The van der Waals surface area contributed by atoms with Crippen molar-refractivity contribution < 1.29 is 4.59 Å². The van der Waals surface area contributed by atoms with Crippen LogP contribution in [-0.2, 0) is 0 Å². The van der Waals surface area contributed by atoms with Crippen LogP contribution in [0, 0.1) is 0 Å². The van der Waals surface area contributed by atoms with Gasteiger partial charge in [-0.3, -0.25) is 4.59 Å². The van der Waals surface area contributed by atoms with E-state index >= 15 is 0 Å². The highest BCUT2D eigenvalue weighted by atomic mass is 15.6. The van der Waals surface area contributed by atoms with Crippen molar-refractivity contribution >= 4 is 0 Å². The van der Waals surface area contributed by atoms with Crippen LogP contribution in [0.2, 0.25) is 0 Å². The number of hydrogen-bond acceptors (Lipinski definition) is 1. The zero-order valence-electron chi connectivity index (χ0n) is 4.15. The molecule has 1 heterocycles. The Morgan fingerprint density at radius 1 is 1.50 bits per heavy atom. The molecule has 0 amide bonds. The average Bonchev–Trinajstić information content (AvgIpc) is 1.32. The molecule has 0 aromatic rings. The minimum absolute atomic E-state index is 0.750. The van der Waals surface area contributed by atoms with Crippen LogP contribution >= 0.6 is 0 Å². The lowest BCUT2D eigenvalue weighted by Crippen LogP contribution is -2.59. The Hall–Kier alpha value is -0.0800. The molecule has 0 spiro atoms. The van der Waals surface area contributed by atoms with Gasteiger partial charge in [0.05, 0.1) is 7.05 Å². The summed E-state index contributed by atoms with van der Waals surface area (Å²) in [5, 5.41) is 0. The van der Waals surface area contributed by atoms with Crippen molar-refractivity contribution in [2.45, 2.75) is 6.42 Å². The number of rotatable bonds is 0. The second-order valence-electron chi connectivity index (χ2n) is 2.28. The molecule has 1 rings (SSSR count). The van der Waals surface area contributed by atoms with Crippen LogP contribution in [0.5, 0.6) is 0 Å². The molecule has 2 nitrogen and oxygen atoms in total. The lowest BCUT2D eigenvalue weighted by atomic mass is 10.2. The molecule has 0 unspecified atom stereocenters. The smallest absolute Gasteiger partial charge is 0.101 e. The summed E-state index contributed by atoms with van der Waals surface area (Å²) in [6.07, 6.45) is 1.31. The van der Waals surface area contributed by atoms with Crippen LogP contribution in [-0.4, -0.2) is 24.7 Å². The summed E-state index contributed by atoms with van der Waals surface area (Å²) in [5.74, 6) is 5.56. The van der Waals surface area contributed by atoms with Crippen LogP contribution in [0.1, 0.15) is 6.42 Å². The summed E-state index contributed by atoms with van der Waals surface area (Å²) in [4.78, 5) is 0. The van der Waals surface area contributed by atoms with Crippen molar-refractivity contribution in [3.63, 3.8) is 0 Å². The van der Waals surface area contributed by atoms with Gasteiger partial charge in [0.15, 0.2) is 0 Å². The van der Waals surface area contributed by atoms with Crippen LogP contribution in [0.25, 0.3) is 0 Å². The van der Waals surface area contributed by atoms with E-state index in [1.54, 1.807) is 0 Å². The second-order valence-corrected chi connectivity index (χ2v) is 2.28. The van der Waals surface area contributed by atoms with Crippen LogP contribution in [0.4, 0.5) is 0 Å². The predicted octanol–water partition coefficient (Wildman–Crippen LogP) is -0.290. The second kappa shape index (κ2) is 0.950. The van der Waals surface area contributed by atoms with Gasteiger partial charge in [0.25, 0.3) is 0 Å². The van der Waals surface area contributed by atoms with Crippen molar-refractivity contribution in [2.75, 3.05) is 20.1 Å². The third-order valence-electron chi connectivity index (χ3n) is 1.34. The molecular weight excluding hydrogens is 76.1 g/mol.